The molecule has 4 atom stereocenters. The number of rotatable bonds is 9. The van der Waals surface area contributed by atoms with Crippen molar-refractivity contribution in [2.45, 2.75) is 94.6 Å². The van der Waals surface area contributed by atoms with E-state index >= 15 is 0 Å². The third kappa shape index (κ3) is 5.03. The fourth-order valence-corrected chi connectivity index (χ4v) is 6.95. The summed E-state index contributed by atoms with van der Waals surface area (Å²) in [6.45, 7) is -0.336. The van der Waals surface area contributed by atoms with Gasteiger partial charge in [-0.15, -0.1) is 0 Å². The fraction of sp³-hybridized carbons (Fsp3) is 0.655. The van der Waals surface area contributed by atoms with E-state index in [1.165, 1.54) is 7.11 Å². The van der Waals surface area contributed by atoms with Crippen LogP contribution in [0.4, 0.5) is 0 Å². The Morgan fingerprint density at radius 1 is 1.11 bits per heavy atom. The van der Waals surface area contributed by atoms with Gasteiger partial charge >= 0.3 is 0 Å². The van der Waals surface area contributed by atoms with Gasteiger partial charge in [-0.2, -0.15) is 0 Å². The van der Waals surface area contributed by atoms with Gasteiger partial charge in [0, 0.05) is 30.1 Å². The van der Waals surface area contributed by atoms with Crippen molar-refractivity contribution in [2.24, 2.45) is 5.92 Å². The fourth-order valence-electron chi connectivity index (χ4n) is 6.95. The van der Waals surface area contributed by atoms with Crippen LogP contribution in [-0.2, 0) is 16.2 Å². The van der Waals surface area contributed by atoms with Crippen molar-refractivity contribution in [3.63, 3.8) is 0 Å². The first-order valence-corrected chi connectivity index (χ1v) is 14.0. The molecule has 208 valence electrons. The summed E-state index contributed by atoms with van der Waals surface area (Å²) in [5.74, 6) is 0.281. The van der Waals surface area contributed by atoms with Gasteiger partial charge in [-0.05, 0) is 55.4 Å². The van der Waals surface area contributed by atoms with Gasteiger partial charge in [-0.3, -0.25) is 9.59 Å². The largest absolute Gasteiger partial charge is 0.493 e. The number of aliphatic hydroxyl groups is 3. The molecule has 2 amide bonds. The van der Waals surface area contributed by atoms with Crippen molar-refractivity contribution < 1.29 is 34.4 Å². The smallest absolute Gasteiger partial charge is 0.247 e. The van der Waals surface area contributed by atoms with E-state index in [0.29, 0.717) is 40.5 Å². The summed E-state index contributed by atoms with van der Waals surface area (Å²) in [6, 6.07) is 2.77. The van der Waals surface area contributed by atoms with Gasteiger partial charge in [0.15, 0.2) is 11.5 Å². The van der Waals surface area contributed by atoms with Crippen LogP contribution in [0.15, 0.2) is 23.8 Å². The molecule has 2 saturated carbocycles. The summed E-state index contributed by atoms with van der Waals surface area (Å²) < 4.78 is 11.9. The Labute approximate surface area is 223 Å². The Morgan fingerprint density at radius 3 is 2.47 bits per heavy atom. The monoisotopic (exact) mass is 528 g/mol. The molecule has 1 aliphatic heterocycles. The van der Waals surface area contributed by atoms with Crippen LogP contribution in [0.5, 0.6) is 11.5 Å². The number of carbonyl (C=O) groups excluding carboxylic acids is 2. The number of methoxy groups -OCH3 is 1. The quantitative estimate of drug-likeness (QED) is 0.387. The lowest BCUT2D eigenvalue weighted by molar-refractivity contribution is -0.141. The number of carbonyl (C=O) groups is 2. The van der Waals surface area contributed by atoms with E-state index in [0.717, 1.165) is 51.4 Å². The summed E-state index contributed by atoms with van der Waals surface area (Å²) in [5, 5.41) is 33.7. The van der Waals surface area contributed by atoms with E-state index < -0.39 is 24.2 Å². The summed E-state index contributed by atoms with van der Waals surface area (Å²) in [6.07, 6.45) is 8.57. The van der Waals surface area contributed by atoms with Crippen LogP contribution < -0.4 is 14.8 Å². The predicted molar refractivity (Wildman–Crippen MR) is 140 cm³/mol. The number of nitrogens with zero attached hydrogens (tertiary/aromatic N) is 1. The Kier molecular flexibility index (Phi) is 8.26. The standard InChI is InChI=1S/C29H40N2O7/c1-37-23-13-18(16-33)12-20-25-21(29(36)30-10-11-32)15-22(26(35)28(25)38-27(20)23)31(19-8-4-5-9-19)24(34)14-17-6-2-3-7-17/h12-13,15,17,19,22,25-26,28,32-33,35H,2-11,14,16H2,1H3,(H,30,36). The second-order valence-electron chi connectivity index (χ2n) is 11.1. The van der Waals surface area contributed by atoms with Crippen LogP contribution >= 0.6 is 0 Å². The summed E-state index contributed by atoms with van der Waals surface area (Å²) in [4.78, 5) is 29.1. The molecule has 4 N–H and O–H groups in total. The molecule has 0 saturated heterocycles. The molecule has 9 nitrogen and oxygen atoms in total. The van der Waals surface area contributed by atoms with E-state index in [1.54, 1.807) is 18.2 Å². The van der Waals surface area contributed by atoms with Crippen molar-refractivity contribution in [1.82, 2.24) is 10.2 Å². The first kappa shape index (κ1) is 27.0. The molecule has 1 heterocycles. The van der Waals surface area contributed by atoms with Gasteiger partial charge in [0.25, 0.3) is 0 Å². The number of amides is 2. The molecule has 1 aromatic rings. The van der Waals surface area contributed by atoms with Crippen molar-refractivity contribution in [1.29, 1.82) is 0 Å². The van der Waals surface area contributed by atoms with Crippen molar-refractivity contribution in [3.8, 4) is 11.5 Å². The Hall–Kier alpha value is -2.62. The number of benzene rings is 1. The zero-order valence-corrected chi connectivity index (χ0v) is 22.1. The molecule has 4 aliphatic rings. The normalized spacial score (nSPS) is 26.9. The molecule has 38 heavy (non-hydrogen) atoms. The number of nitrogens with one attached hydrogen (secondary N) is 1. The molecule has 0 spiro atoms. The van der Waals surface area contributed by atoms with Gasteiger partial charge in [0.1, 0.15) is 12.2 Å². The summed E-state index contributed by atoms with van der Waals surface area (Å²) >= 11 is 0. The molecule has 5 rings (SSSR count). The Morgan fingerprint density at radius 2 is 1.82 bits per heavy atom. The topological polar surface area (TPSA) is 129 Å². The van der Waals surface area contributed by atoms with Crippen LogP contribution in [0.3, 0.4) is 0 Å². The average molecular weight is 529 g/mol. The minimum atomic E-state index is -1.06. The molecule has 9 heteroatoms. The maximum atomic E-state index is 13.8. The molecule has 3 aliphatic carbocycles. The number of aliphatic hydroxyl groups excluding tert-OH is 3. The minimum absolute atomic E-state index is 0.0115. The number of fused-ring (bicyclic) bond motifs is 3. The first-order valence-electron chi connectivity index (χ1n) is 14.0. The zero-order valence-electron chi connectivity index (χ0n) is 22.1. The Balaban J connectivity index is 1.56. The molecule has 0 aromatic heterocycles. The third-order valence-corrected chi connectivity index (χ3v) is 8.76. The summed E-state index contributed by atoms with van der Waals surface area (Å²) in [7, 11) is 1.51. The molecular formula is C29H40N2O7. The summed E-state index contributed by atoms with van der Waals surface area (Å²) in [5.41, 5.74) is 1.66. The van der Waals surface area contributed by atoms with E-state index in [-0.39, 0.29) is 37.6 Å². The van der Waals surface area contributed by atoms with E-state index in [4.69, 9.17) is 9.47 Å². The van der Waals surface area contributed by atoms with Crippen molar-refractivity contribution in [2.75, 3.05) is 20.3 Å². The maximum absolute atomic E-state index is 13.8. The highest BCUT2D eigenvalue weighted by molar-refractivity contribution is 5.96. The molecule has 1 aromatic carbocycles. The van der Waals surface area contributed by atoms with Crippen LogP contribution in [0.2, 0.25) is 0 Å². The van der Waals surface area contributed by atoms with Gasteiger partial charge in [-0.1, -0.05) is 25.7 Å². The number of hydrogen-bond acceptors (Lipinski definition) is 7. The van der Waals surface area contributed by atoms with E-state index in [2.05, 4.69) is 5.32 Å². The van der Waals surface area contributed by atoms with Gasteiger partial charge < -0.3 is 35.0 Å². The average Bonchev–Trinajstić information content (AvgIpc) is 3.70. The van der Waals surface area contributed by atoms with Gasteiger partial charge in [0.2, 0.25) is 11.8 Å². The lowest BCUT2D eigenvalue weighted by Crippen LogP contribution is -2.58. The van der Waals surface area contributed by atoms with Crippen LogP contribution in [0, 0.1) is 5.92 Å². The van der Waals surface area contributed by atoms with Crippen LogP contribution in [-0.4, -0.2) is 76.6 Å². The first-order chi connectivity index (χ1) is 18.5. The van der Waals surface area contributed by atoms with Gasteiger partial charge in [-0.25, -0.2) is 0 Å². The highest BCUT2D eigenvalue weighted by Gasteiger charge is 2.52. The zero-order chi connectivity index (χ0) is 26.8. The molecule has 2 fully saturated rings. The third-order valence-electron chi connectivity index (χ3n) is 8.76. The van der Waals surface area contributed by atoms with Gasteiger partial charge in [0.05, 0.1) is 32.3 Å². The SMILES string of the molecule is COc1cc(CO)cc2c1OC1C2C(C(=O)NCCO)=CC(N(C(=O)CC2CCCC2)C2CCCC2)C1O. The number of hydrogen-bond donors (Lipinski definition) is 4. The number of ether oxygens (including phenoxy) is 2. The highest BCUT2D eigenvalue weighted by atomic mass is 16.5. The lowest BCUT2D eigenvalue weighted by Gasteiger charge is -2.43. The lowest BCUT2D eigenvalue weighted by atomic mass is 9.76. The van der Waals surface area contributed by atoms with E-state index in [1.807, 2.05) is 4.90 Å². The second kappa shape index (κ2) is 11.6. The molecular weight excluding hydrogens is 488 g/mol. The minimum Gasteiger partial charge on any atom is -0.493 e. The van der Waals surface area contributed by atoms with E-state index in [9.17, 15) is 24.9 Å². The van der Waals surface area contributed by atoms with Crippen LogP contribution in [0.25, 0.3) is 0 Å². The van der Waals surface area contributed by atoms with Crippen LogP contribution in [0.1, 0.15) is 74.8 Å². The molecule has 0 bridgehead atoms. The maximum Gasteiger partial charge on any atom is 0.247 e. The molecule has 0 radical (unpaired) electrons. The Bertz CT molecular complexity index is 1060. The van der Waals surface area contributed by atoms with Crippen molar-refractivity contribution >= 4 is 11.8 Å². The van der Waals surface area contributed by atoms with Crippen molar-refractivity contribution in [3.05, 3.63) is 34.9 Å². The highest BCUT2D eigenvalue weighted by Crippen LogP contribution is 2.52. The predicted octanol–water partition coefficient (Wildman–Crippen LogP) is 2.16. The second-order valence-corrected chi connectivity index (χ2v) is 11.1. The molecule has 4 unspecified atom stereocenters.